The second kappa shape index (κ2) is 8.18. The van der Waals surface area contributed by atoms with Crippen LogP contribution in [-0.4, -0.2) is 18.6 Å². The summed E-state index contributed by atoms with van der Waals surface area (Å²) in [6, 6.07) is 10.3. The van der Waals surface area contributed by atoms with E-state index in [4.69, 9.17) is 38.4 Å². The predicted octanol–water partition coefficient (Wildman–Crippen LogP) is 5.03. The molecule has 4 rings (SSSR count). The van der Waals surface area contributed by atoms with Gasteiger partial charge in [-0.05, 0) is 48.4 Å². The smallest absolute Gasteiger partial charge is 0.257 e. The molecule has 0 aliphatic carbocycles. The average molecular weight is 463 g/mol. The minimum absolute atomic E-state index is 0.200. The molecule has 0 bridgehead atoms. The van der Waals surface area contributed by atoms with E-state index in [1.165, 1.54) is 23.5 Å². The zero-order valence-electron chi connectivity index (χ0n) is 15.8. The van der Waals surface area contributed by atoms with Gasteiger partial charge in [0.15, 0.2) is 11.5 Å². The Hall–Kier alpha value is -2.74. The molecular formula is C21H16Cl2N2O4S. The molecule has 1 aliphatic rings. The molecular weight excluding hydrogens is 447 g/mol. The molecule has 2 heterocycles. The number of nitrogens with two attached hydrogens (primary N) is 1. The third kappa shape index (κ3) is 3.96. The molecule has 9 heteroatoms. The second-order valence-corrected chi connectivity index (χ2v) is 8.61. The third-order valence-corrected chi connectivity index (χ3v) is 6.45. The number of carbonyl (C=O) groups excluding carboxylic acids is 2. The lowest BCUT2D eigenvalue weighted by molar-refractivity contribution is 0.100. The summed E-state index contributed by atoms with van der Waals surface area (Å²) >= 11 is 13.3. The maximum atomic E-state index is 12.7. The Kier molecular flexibility index (Phi) is 5.60. The van der Waals surface area contributed by atoms with Crippen molar-refractivity contribution in [1.29, 1.82) is 0 Å². The van der Waals surface area contributed by atoms with Gasteiger partial charge in [0.2, 0.25) is 6.79 Å². The molecule has 154 valence electrons. The van der Waals surface area contributed by atoms with Gasteiger partial charge < -0.3 is 20.5 Å². The Balaban J connectivity index is 1.63. The van der Waals surface area contributed by atoms with Crippen LogP contribution in [0.4, 0.5) is 5.00 Å². The molecule has 0 unspecified atom stereocenters. The molecule has 30 heavy (non-hydrogen) atoms. The van der Waals surface area contributed by atoms with Crippen molar-refractivity contribution in [2.45, 2.75) is 13.3 Å². The summed E-state index contributed by atoms with van der Waals surface area (Å²) in [6.45, 7) is 2.01. The van der Waals surface area contributed by atoms with Crippen molar-refractivity contribution >= 4 is 51.4 Å². The summed E-state index contributed by atoms with van der Waals surface area (Å²) in [6.07, 6.45) is 0.547. The third-order valence-electron chi connectivity index (χ3n) is 4.70. The maximum Gasteiger partial charge on any atom is 0.257 e. The van der Waals surface area contributed by atoms with Crippen LogP contribution >= 0.6 is 34.5 Å². The number of carbonyl (C=O) groups is 2. The average Bonchev–Trinajstić information content (AvgIpc) is 3.25. The van der Waals surface area contributed by atoms with Crippen molar-refractivity contribution in [2.24, 2.45) is 5.73 Å². The zero-order chi connectivity index (χ0) is 21.4. The van der Waals surface area contributed by atoms with Crippen molar-refractivity contribution in [3.05, 3.63) is 73.6 Å². The fraction of sp³-hybridized carbons (Fsp3) is 0.143. The minimum Gasteiger partial charge on any atom is -0.454 e. The van der Waals surface area contributed by atoms with Crippen molar-refractivity contribution < 1.29 is 19.1 Å². The highest BCUT2D eigenvalue weighted by Gasteiger charge is 2.23. The van der Waals surface area contributed by atoms with Gasteiger partial charge in [-0.1, -0.05) is 29.3 Å². The number of rotatable bonds is 5. The number of anilines is 1. The van der Waals surface area contributed by atoms with E-state index in [2.05, 4.69) is 5.32 Å². The van der Waals surface area contributed by atoms with Crippen LogP contribution in [0, 0.1) is 6.92 Å². The first kappa shape index (κ1) is 20.5. The standard InChI is InChI=1S/C21H16Cl2N2O4S/c1-10-17(7-11-2-5-15-16(6-11)29-9-28-15)30-21(18(10)19(24)26)25-20(27)13-4-3-12(22)8-14(13)23/h2-6,8H,7,9H2,1H3,(H2,24,26)(H,25,27). The summed E-state index contributed by atoms with van der Waals surface area (Å²) < 4.78 is 10.8. The number of thiophene rings is 1. The van der Waals surface area contributed by atoms with Crippen LogP contribution in [0.2, 0.25) is 10.0 Å². The van der Waals surface area contributed by atoms with Crippen molar-refractivity contribution in [3.8, 4) is 11.5 Å². The maximum absolute atomic E-state index is 12.7. The SMILES string of the molecule is Cc1c(Cc2ccc3c(c2)OCO3)sc(NC(=O)c2ccc(Cl)cc2Cl)c1C(N)=O. The summed E-state index contributed by atoms with van der Waals surface area (Å²) in [5.74, 6) is 0.322. The normalized spacial score (nSPS) is 12.1. The lowest BCUT2D eigenvalue weighted by Crippen LogP contribution is -2.17. The van der Waals surface area contributed by atoms with Gasteiger partial charge in [0.1, 0.15) is 5.00 Å². The first-order valence-corrected chi connectivity index (χ1v) is 10.5. The summed E-state index contributed by atoms with van der Waals surface area (Å²) in [7, 11) is 0. The second-order valence-electron chi connectivity index (χ2n) is 6.66. The van der Waals surface area contributed by atoms with E-state index in [9.17, 15) is 9.59 Å². The van der Waals surface area contributed by atoms with E-state index in [0.29, 0.717) is 27.9 Å². The molecule has 0 saturated heterocycles. The van der Waals surface area contributed by atoms with E-state index < -0.39 is 11.8 Å². The van der Waals surface area contributed by atoms with Gasteiger partial charge in [-0.3, -0.25) is 9.59 Å². The summed E-state index contributed by atoms with van der Waals surface area (Å²) in [4.78, 5) is 25.7. The van der Waals surface area contributed by atoms with Gasteiger partial charge in [0.05, 0.1) is 16.1 Å². The lowest BCUT2D eigenvalue weighted by Gasteiger charge is -2.07. The molecule has 0 radical (unpaired) electrons. The largest absolute Gasteiger partial charge is 0.454 e. The number of nitrogens with one attached hydrogen (secondary N) is 1. The molecule has 1 aromatic heterocycles. The van der Waals surface area contributed by atoms with Gasteiger partial charge in [-0.2, -0.15) is 0 Å². The molecule has 0 spiro atoms. The molecule has 0 saturated carbocycles. The predicted molar refractivity (Wildman–Crippen MR) is 117 cm³/mol. The van der Waals surface area contributed by atoms with Crippen LogP contribution < -0.4 is 20.5 Å². The Morgan fingerprint density at radius 1 is 1.13 bits per heavy atom. The summed E-state index contributed by atoms with van der Waals surface area (Å²) in [5.41, 5.74) is 7.84. The van der Waals surface area contributed by atoms with Gasteiger partial charge in [-0.15, -0.1) is 11.3 Å². The fourth-order valence-electron chi connectivity index (χ4n) is 3.19. The van der Waals surface area contributed by atoms with Crippen molar-refractivity contribution in [1.82, 2.24) is 0 Å². The molecule has 2 aromatic carbocycles. The van der Waals surface area contributed by atoms with Gasteiger partial charge in [0, 0.05) is 16.3 Å². The molecule has 0 atom stereocenters. The van der Waals surface area contributed by atoms with Gasteiger partial charge in [-0.25, -0.2) is 0 Å². The lowest BCUT2D eigenvalue weighted by atomic mass is 10.1. The van der Waals surface area contributed by atoms with Crippen LogP contribution in [0.15, 0.2) is 36.4 Å². The Morgan fingerprint density at radius 2 is 1.90 bits per heavy atom. The number of ether oxygens (including phenoxy) is 2. The summed E-state index contributed by atoms with van der Waals surface area (Å²) in [5, 5.41) is 3.79. The molecule has 1 aliphatic heterocycles. The molecule has 3 aromatic rings. The van der Waals surface area contributed by atoms with E-state index in [1.807, 2.05) is 25.1 Å². The van der Waals surface area contributed by atoms with Crippen molar-refractivity contribution in [3.63, 3.8) is 0 Å². The molecule has 2 amide bonds. The van der Waals surface area contributed by atoms with Crippen LogP contribution in [0.3, 0.4) is 0 Å². The number of hydrogen-bond acceptors (Lipinski definition) is 5. The number of halogens is 2. The van der Waals surface area contributed by atoms with E-state index >= 15 is 0 Å². The number of fused-ring (bicyclic) bond motifs is 1. The zero-order valence-corrected chi connectivity index (χ0v) is 18.1. The minimum atomic E-state index is -0.613. The Bertz CT molecular complexity index is 1180. The number of hydrogen-bond donors (Lipinski definition) is 2. The van der Waals surface area contributed by atoms with Gasteiger partial charge >= 0.3 is 0 Å². The monoisotopic (exact) mass is 462 g/mol. The van der Waals surface area contributed by atoms with E-state index in [0.717, 1.165) is 16.0 Å². The van der Waals surface area contributed by atoms with E-state index in [1.54, 1.807) is 6.07 Å². The Labute approximate surface area is 186 Å². The quantitative estimate of drug-likeness (QED) is 0.555. The van der Waals surface area contributed by atoms with Crippen LogP contribution in [0.25, 0.3) is 0 Å². The van der Waals surface area contributed by atoms with Crippen LogP contribution in [0.1, 0.15) is 36.7 Å². The van der Waals surface area contributed by atoms with Crippen LogP contribution in [-0.2, 0) is 6.42 Å². The highest BCUT2D eigenvalue weighted by molar-refractivity contribution is 7.17. The highest BCUT2D eigenvalue weighted by Crippen LogP contribution is 2.37. The number of amides is 2. The first-order valence-electron chi connectivity index (χ1n) is 8.90. The number of primary amides is 1. The topological polar surface area (TPSA) is 90.7 Å². The molecule has 0 fully saturated rings. The highest BCUT2D eigenvalue weighted by atomic mass is 35.5. The Morgan fingerprint density at radius 3 is 2.63 bits per heavy atom. The van der Waals surface area contributed by atoms with Crippen molar-refractivity contribution in [2.75, 3.05) is 12.1 Å². The van der Waals surface area contributed by atoms with E-state index in [-0.39, 0.29) is 22.9 Å². The molecule has 6 nitrogen and oxygen atoms in total. The fourth-order valence-corrected chi connectivity index (χ4v) is 4.93. The van der Waals surface area contributed by atoms with Crippen LogP contribution in [0.5, 0.6) is 11.5 Å². The number of benzene rings is 2. The van der Waals surface area contributed by atoms with Gasteiger partial charge in [0.25, 0.3) is 11.8 Å². The molecule has 3 N–H and O–H groups in total. The first-order chi connectivity index (χ1) is 14.3.